The van der Waals surface area contributed by atoms with Crippen LogP contribution in [0.3, 0.4) is 0 Å². The third kappa shape index (κ3) is 3.48. The zero-order chi connectivity index (χ0) is 18.7. The van der Waals surface area contributed by atoms with Crippen LogP contribution in [0.25, 0.3) is 0 Å². The van der Waals surface area contributed by atoms with Crippen LogP contribution in [0.5, 0.6) is 0 Å². The first kappa shape index (κ1) is 17.8. The lowest BCUT2D eigenvalue weighted by molar-refractivity contribution is -0.117. The summed E-state index contributed by atoms with van der Waals surface area (Å²) in [5.41, 5.74) is 4.66. The summed E-state index contributed by atoms with van der Waals surface area (Å²) in [6.45, 7) is 5.39. The number of hydrogen-bond acceptors (Lipinski definition) is 6. The van der Waals surface area contributed by atoms with Crippen molar-refractivity contribution in [3.8, 4) is 6.07 Å². The highest BCUT2D eigenvalue weighted by Gasteiger charge is 2.34. The third-order valence-electron chi connectivity index (χ3n) is 4.31. The fourth-order valence-corrected chi connectivity index (χ4v) is 3.05. The molecule has 1 unspecified atom stereocenters. The van der Waals surface area contributed by atoms with E-state index in [1.807, 2.05) is 5.21 Å². The molecule has 0 aromatic carbocycles. The Morgan fingerprint density at radius 1 is 1.54 bits per heavy atom. The van der Waals surface area contributed by atoms with Gasteiger partial charge in [-0.25, -0.2) is 5.01 Å². The number of anilines is 1. The van der Waals surface area contributed by atoms with Crippen LogP contribution >= 0.6 is 0 Å². The summed E-state index contributed by atoms with van der Waals surface area (Å²) in [7, 11) is 0. The van der Waals surface area contributed by atoms with E-state index in [0.29, 0.717) is 31.9 Å². The van der Waals surface area contributed by atoms with Crippen molar-refractivity contribution in [1.29, 1.82) is 5.26 Å². The van der Waals surface area contributed by atoms with E-state index in [9.17, 15) is 13.7 Å². The lowest BCUT2D eigenvalue weighted by Gasteiger charge is -2.30. The van der Waals surface area contributed by atoms with E-state index in [1.165, 1.54) is 6.08 Å². The fraction of sp³-hybridized carbons (Fsp3) is 0.375. The highest BCUT2D eigenvalue weighted by Crippen LogP contribution is 2.29. The van der Waals surface area contributed by atoms with Crippen molar-refractivity contribution < 1.29 is 13.7 Å². The molecule has 1 N–H and O–H groups in total. The van der Waals surface area contributed by atoms with Gasteiger partial charge in [0.2, 0.25) is 11.9 Å². The third-order valence-corrected chi connectivity index (χ3v) is 4.31. The number of aromatic nitrogens is 2. The van der Waals surface area contributed by atoms with Gasteiger partial charge in [-0.2, -0.15) is 14.8 Å². The molecule has 26 heavy (non-hydrogen) atoms. The van der Waals surface area contributed by atoms with E-state index in [4.69, 9.17) is 5.26 Å². The molecule has 2 aliphatic rings. The Kier molecular flexibility index (Phi) is 5.09. The number of carbonyl (C=O) groups is 1. The van der Waals surface area contributed by atoms with Gasteiger partial charge in [0.25, 0.3) is 0 Å². The number of nitrogens with one attached hydrogen (secondary N) is 1. The molecule has 0 spiro atoms. The number of hydrazine groups is 1. The Hall–Kier alpha value is -3.06. The molecule has 2 aliphatic heterocycles. The Bertz CT molecular complexity index is 823. The molecule has 1 fully saturated rings. The Morgan fingerprint density at radius 2 is 2.35 bits per heavy atom. The quantitative estimate of drug-likeness (QED) is 0.633. The zero-order valence-electron chi connectivity index (χ0n) is 13.9. The number of allylic oxidation sites excluding steroid dienone is 2. The van der Waals surface area contributed by atoms with Crippen LogP contribution in [-0.2, 0) is 17.9 Å². The molecule has 10 heteroatoms. The first-order chi connectivity index (χ1) is 12.5. The van der Waals surface area contributed by atoms with Crippen molar-refractivity contribution in [2.45, 2.75) is 19.5 Å². The van der Waals surface area contributed by atoms with Gasteiger partial charge in [0.1, 0.15) is 0 Å². The lowest BCUT2D eigenvalue weighted by atomic mass is 10.1. The van der Waals surface area contributed by atoms with Gasteiger partial charge in [-0.3, -0.25) is 9.48 Å². The number of hydrogen-bond donors (Lipinski definition) is 1. The van der Waals surface area contributed by atoms with Crippen LogP contribution in [0.4, 0.5) is 14.6 Å². The van der Waals surface area contributed by atoms with E-state index in [2.05, 4.69) is 23.2 Å². The number of nitrogens with zero attached hydrogens (tertiary/aromatic N) is 6. The molecule has 3 rings (SSSR count). The Labute approximate surface area is 148 Å². The van der Waals surface area contributed by atoms with E-state index in [-0.39, 0.29) is 23.9 Å². The number of rotatable bonds is 5. The van der Waals surface area contributed by atoms with E-state index in [0.717, 1.165) is 11.8 Å². The van der Waals surface area contributed by atoms with Crippen LogP contribution in [-0.4, -0.2) is 39.8 Å². The summed E-state index contributed by atoms with van der Waals surface area (Å²) < 4.78 is 26.8. The molecular formula is C16H17F2N7O. The molecule has 0 radical (unpaired) electrons. The molecule has 1 atom stereocenters. The molecule has 1 saturated heterocycles. The van der Waals surface area contributed by atoms with Gasteiger partial charge in [0, 0.05) is 25.6 Å². The predicted octanol–water partition coefficient (Wildman–Crippen LogP) is 1.40. The molecule has 136 valence electrons. The molecular weight excluding hydrogens is 344 g/mol. The number of halogens is 2. The van der Waals surface area contributed by atoms with Crippen molar-refractivity contribution in [2.24, 2.45) is 11.1 Å². The summed E-state index contributed by atoms with van der Waals surface area (Å²) in [4.78, 5) is 13.8. The van der Waals surface area contributed by atoms with Gasteiger partial charge in [0.15, 0.2) is 0 Å². The van der Waals surface area contributed by atoms with Gasteiger partial charge in [-0.15, -0.1) is 0 Å². The zero-order valence-corrected chi connectivity index (χ0v) is 13.9. The highest BCUT2D eigenvalue weighted by molar-refractivity contribution is 5.96. The largest absolute Gasteiger partial charge is 0.318 e. The predicted molar refractivity (Wildman–Crippen MR) is 89.8 cm³/mol. The first-order valence-corrected chi connectivity index (χ1v) is 8.00. The van der Waals surface area contributed by atoms with Crippen molar-refractivity contribution >= 4 is 17.6 Å². The topological polar surface area (TPSA) is 89.6 Å². The van der Waals surface area contributed by atoms with Gasteiger partial charge in [-0.05, 0) is 6.08 Å². The molecule has 1 amide bonds. The normalized spacial score (nSPS) is 21.5. The van der Waals surface area contributed by atoms with Crippen molar-refractivity contribution in [3.05, 3.63) is 36.3 Å². The van der Waals surface area contributed by atoms with Crippen molar-refractivity contribution in [3.63, 3.8) is 0 Å². The summed E-state index contributed by atoms with van der Waals surface area (Å²) in [5.74, 6) is -1.69. The van der Waals surface area contributed by atoms with E-state index < -0.39 is 5.97 Å². The van der Waals surface area contributed by atoms with Crippen LogP contribution in [0, 0.1) is 17.2 Å². The fourth-order valence-electron chi connectivity index (χ4n) is 3.05. The molecule has 0 aliphatic carbocycles. The van der Waals surface area contributed by atoms with Crippen molar-refractivity contribution in [2.75, 3.05) is 18.0 Å². The summed E-state index contributed by atoms with van der Waals surface area (Å²) in [6.07, 6.45) is 4.06. The van der Waals surface area contributed by atoms with Gasteiger partial charge < -0.3 is 10.3 Å². The molecule has 8 nitrogen and oxygen atoms in total. The number of carbonyl (C=O) groups excluding carboxylic acids is 1. The Morgan fingerprint density at radius 3 is 3.00 bits per heavy atom. The minimum Gasteiger partial charge on any atom is -0.318 e. The second-order valence-corrected chi connectivity index (χ2v) is 5.98. The number of fused-ring (bicyclic) bond motifs is 1. The Balaban J connectivity index is 1.77. The summed E-state index contributed by atoms with van der Waals surface area (Å²) >= 11 is 0. The maximum Gasteiger partial charge on any atom is 0.245 e. The van der Waals surface area contributed by atoms with Crippen LogP contribution in [0.1, 0.15) is 12.1 Å². The molecule has 1 aromatic rings. The van der Waals surface area contributed by atoms with Gasteiger partial charge in [0.05, 0.1) is 48.4 Å². The average molecular weight is 361 g/mol. The standard InChI is InChI=1S/C16H17F2N7O/c1-2-12(6-15(17)21-18)22-23-3-4-25-14(10-23)13(8-20-25)24-9-11(7-19)5-16(24)26/h2,6,8,11,22H,1,3-5,9-10H2/b12-6+,21-15+. The first-order valence-electron chi connectivity index (χ1n) is 8.00. The van der Waals surface area contributed by atoms with E-state index >= 15 is 0 Å². The maximum absolute atomic E-state index is 13.0. The monoisotopic (exact) mass is 361 g/mol. The average Bonchev–Trinajstić information content (AvgIpc) is 3.23. The molecule has 0 saturated carbocycles. The molecule has 0 bridgehead atoms. The summed E-state index contributed by atoms with van der Waals surface area (Å²) in [6, 6.07) is 2.12. The SMILES string of the molecule is C=C/C(=C\C(F)=N/F)NN1CCn2ncc(N3CC(C#N)CC3=O)c2C1. The minimum atomic E-state index is -1.26. The summed E-state index contributed by atoms with van der Waals surface area (Å²) in [5, 5.41) is 17.1. The number of amides is 1. The lowest BCUT2D eigenvalue weighted by Crippen LogP contribution is -2.43. The van der Waals surface area contributed by atoms with Crippen molar-refractivity contribution in [1.82, 2.24) is 20.2 Å². The molecule has 3 heterocycles. The highest BCUT2D eigenvalue weighted by atomic mass is 19.2. The second kappa shape index (κ2) is 7.45. The van der Waals surface area contributed by atoms with Crippen LogP contribution in [0.2, 0.25) is 0 Å². The van der Waals surface area contributed by atoms with Crippen LogP contribution in [0.15, 0.2) is 35.8 Å². The second-order valence-electron chi connectivity index (χ2n) is 5.98. The van der Waals surface area contributed by atoms with Gasteiger partial charge in [-0.1, -0.05) is 16.3 Å². The van der Waals surface area contributed by atoms with Gasteiger partial charge >= 0.3 is 0 Å². The minimum absolute atomic E-state index is 0.106. The smallest absolute Gasteiger partial charge is 0.245 e. The maximum atomic E-state index is 13.0. The molecule has 1 aromatic heterocycles. The number of nitriles is 1. The van der Waals surface area contributed by atoms with Crippen LogP contribution < -0.4 is 10.3 Å². The van der Waals surface area contributed by atoms with E-state index in [1.54, 1.807) is 20.8 Å².